The molecule has 2 aromatic carbocycles. The molecule has 0 spiro atoms. The van der Waals surface area contributed by atoms with Gasteiger partial charge in [-0.1, -0.05) is 30.3 Å². The van der Waals surface area contributed by atoms with Gasteiger partial charge in [-0.15, -0.1) is 0 Å². The maximum atomic E-state index is 11.5. The van der Waals surface area contributed by atoms with Crippen LogP contribution in [0.4, 0.5) is 0 Å². The van der Waals surface area contributed by atoms with Crippen LogP contribution >= 0.6 is 0 Å². The highest BCUT2D eigenvalue weighted by Crippen LogP contribution is 2.35. The van der Waals surface area contributed by atoms with Gasteiger partial charge < -0.3 is 9.47 Å². The van der Waals surface area contributed by atoms with Crippen LogP contribution in [0.15, 0.2) is 48.5 Å². The van der Waals surface area contributed by atoms with Crippen LogP contribution in [-0.4, -0.2) is 12.9 Å². The molecule has 0 heterocycles. The van der Waals surface area contributed by atoms with Crippen molar-refractivity contribution in [2.45, 2.75) is 26.4 Å². The quantitative estimate of drug-likeness (QED) is 0.771. The van der Waals surface area contributed by atoms with Crippen LogP contribution in [0, 0.1) is 0 Å². The smallest absolute Gasteiger partial charge is 0.163 e. The second-order valence-corrected chi connectivity index (χ2v) is 5.40. The molecule has 0 N–H and O–H groups in total. The third kappa shape index (κ3) is 3.43. The van der Waals surface area contributed by atoms with Crippen LogP contribution in [0.2, 0.25) is 0 Å². The number of Topliss-reactive ketones (excluding diaryl/α,β-unsaturated/α-hetero) is 1. The SMILES string of the molecule is COc1ccc(C(C)=O)cc1OC(C)(C)c1ccccc1. The lowest BCUT2D eigenvalue weighted by Crippen LogP contribution is -2.25. The van der Waals surface area contributed by atoms with Crippen LogP contribution in [0.1, 0.15) is 36.7 Å². The Morgan fingerprint density at radius 3 is 2.24 bits per heavy atom. The van der Waals surface area contributed by atoms with E-state index < -0.39 is 5.60 Å². The number of benzene rings is 2. The van der Waals surface area contributed by atoms with Gasteiger partial charge in [0.2, 0.25) is 0 Å². The Bertz CT molecular complexity index is 630. The molecule has 0 aliphatic carbocycles. The molecule has 0 unspecified atom stereocenters. The fourth-order valence-corrected chi connectivity index (χ4v) is 2.15. The molecule has 0 atom stereocenters. The zero-order chi connectivity index (χ0) is 15.5. The summed E-state index contributed by atoms with van der Waals surface area (Å²) < 4.78 is 11.4. The van der Waals surface area contributed by atoms with E-state index in [1.165, 1.54) is 6.92 Å². The van der Waals surface area contributed by atoms with Gasteiger partial charge in [-0.2, -0.15) is 0 Å². The number of carbonyl (C=O) groups is 1. The highest BCUT2D eigenvalue weighted by atomic mass is 16.5. The van der Waals surface area contributed by atoms with Gasteiger partial charge in [-0.25, -0.2) is 0 Å². The largest absolute Gasteiger partial charge is 0.493 e. The monoisotopic (exact) mass is 284 g/mol. The zero-order valence-corrected chi connectivity index (χ0v) is 12.8. The topological polar surface area (TPSA) is 35.5 Å². The predicted octanol–water partition coefficient (Wildman–Crippen LogP) is 4.21. The van der Waals surface area contributed by atoms with E-state index in [-0.39, 0.29) is 5.78 Å². The Morgan fingerprint density at radius 2 is 1.67 bits per heavy atom. The second-order valence-electron chi connectivity index (χ2n) is 5.40. The van der Waals surface area contributed by atoms with Crippen LogP contribution in [0.3, 0.4) is 0 Å². The summed E-state index contributed by atoms with van der Waals surface area (Å²) in [4.78, 5) is 11.5. The molecule has 0 radical (unpaired) electrons. The van der Waals surface area contributed by atoms with Crippen molar-refractivity contribution in [3.63, 3.8) is 0 Å². The molecule has 0 saturated carbocycles. The van der Waals surface area contributed by atoms with E-state index in [0.717, 1.165) is 5.56 Å². The van der Waals surface area contributed by atoms with Crippen molar-refractivity contribution in [3.8, 4) is 11.5 Å². The fraction of sp³-hybridized carbons (Fsp3) is 0.278. The van der Waals surface area contributed by atoms with Crippen LogP contribution in [0.25, 0.3) is 0 Å². The Balaban J connectivity index is 2.37. The maximum absolute atomic E-state index is 11.5. The highest BCUT2D eigenvalue weighted by molar-refractivity contribution is 5.94. The van der Waals surface area contributed by atoms with E-state index in [0.29, 0.717) is 17.1 Å². The molecule has 0 fully saturated rings. The number of hydrogen-bond donors (Lipinski definition) is 0. The first-order valence-corrected chi connectivity index (χ1v) is 6.87. The first-order chi connectivity index (χ1) is 9.94. The van der Waals surface area contributed by atoms with Gasteiger partial charge in [0, 0.05) is 5.56 Å². The molecule has 3 heteroatoms. The maximum Gasteiger partial charge on any atom is 0.163 e. The van der Waals surface area contributed by atoms with E-state index in [9.17, 15) is 4.79 Å². The summed E-state index contributed by atoms with van der Waals surface area (Å²) in [5, 5.41) is 0. The Morgan fingerprint density at radius 1 is 1.00 bits per heavy atom. The van der Waals surface area contributed by atoms with Gasteiger partial charge in [-0.3, -0.25) is 4.79 Å². The first-order valence-electron chi connectivity index (χ1n) is 6.87. The molecule has 21 heavy (non-hydrogen) atoms. The molecule has 2 aromatic rings. The van der Waals surface area contributed by atoms with E-state index >= 15 is 0 Å². The van der Waals surface area contributed by atoms with Gasteiger partial charge in [0.15, 0.2) is 17.3 Å². The average Bonchev–Trinajstić information content (AvgIpc) is 2.47. The van der Waals surface area contributed by atoms with Gasteiger partial charge in [0.1, 0.15) is 5.60 Å². The van der Waals surface area contributed by atoms with Crippen molar-refractivity contribution in [2.75, 3.05) is 7.11 Å². The molecule has 0 saturated heterocycles. The molecule has 3 nitrogen and oxygen atoms in total. The molecule has 0 bridgehead atoms. The van der Waals surface area contributed by atoms with E-state index in [2.05, 4.69) is 0 Å². The minimum atomic E-state index is -0.524. The van der Waals surface area contributed by atoms with Gasteiger partial charge in [0.05, 0.1) is 7.11 Å². The van der Waals surface area contributed by atoms with Crippen molar-refractivity contribution >= 4 is 5.78 Å². The number of hydrogen-bond acceptors (Lipinski definition) is 3. The van der Waals surface area contributed by atoms with Crippen molar-refractivity contribution in [1.29, 1.82) is 0 Å². The van der Waals surface area contributed by atoms with E-state index in [4.69, 9.17) is 9.47 Å². The normalized spacial score (nSPS) is 11.0. The molecular weight excluding hydrogens is 264 g/mol. The number of ether oxygens (including phenoxy) is 2. The number of methoxy groups -OCH3 is 1. The summed E-state index contributed by atoms with van der Waals surface area (Å²) in [5.41, 5.74) is 1.14. The third-order valence-electron chi connectivity index (χ3n) is 3.40. The van der Waals surface area contributed by atoms with Crippen molar-refractivity contribution in [3.05, 3.63) is 59.7 Å². The Hall–Kier alpha value is -2.29. The van der Waals surface area contributed by atoms with Crippen molar-refractivity contribution in [2.24, 2.45) is 0 Å². The summed E-state index contributed by atoms with van der Waals surface area (Å²) in [7, 11) is 1.59. The van der Waals surface area contributed by atoms with Crippen LogP contribution < -0.4 is 9.47 Å². The minimum Gasteiger partial charge on any atom is -0.493 e. The molecule has 0 aliphatic rings. The third-order valence-corrected chi connectivity index (χ3v) is 3.40. The van der Waals surface area contributed by atoms with E-state index in [1.807, 2.05) is 44.2 Å². The number of ketones is 1. The van der Waals surface area contributed by atoms with Gasteiger partial charge >= 0.3 is 0 Å². The Kier molecular flexibility index (Phi) is 4.32. The van der Waals surface area contributed by atoms with Crippen LogP contribution in [-0.2, 0) is 5.60 Å². The summed E-state index contributed by atoms with van der Waals surface area (Å²) in [6.07, 6.45) is 0. The standard InChI is InChI=1S/C18H20O3/c1-13(19)14-10-11-16(20-4)17(12-14)21-18(2,3)15-8-6-5-7-9-15/h5-12H,1-4H3. The number of carbonyl (C=O) groups excluding carboxylic acids is 1. The van der Waals surface area contributed by atoms with Crippen molar-refractivity contribution in [1.82, 2.24) is 0 Å². The lowest BCUT2D eigenvalue weighted by Gasteiger charge is -2.28. The lowest BCUT2D eigenvalue weighted by molar-refractivity contribution is 0.0991. The van der Waals surface area contributed by atoms with Crippen LogP contribution in [0.5, 0.6) is 11.5 Å². The summed E-state index contributed by atoms with van der Waals surface area (Å²) in [5.74, 6) is 1.18. The molecular formula is C18H20O3. The molecule has 0 aliphatic heterocycles. The second kappa shape index (κ2) is 6.00. The summed E-state index contributed by atoms with van der Waals surface area (Å²) >= 11 is 0. The van der Waals surface area contributed by atoms with E-state index in [1.54, 1.807) is 25.3 Å². The predicted molar refractivity (Wildman–Crippen MR) is 83.1 cm³/mol. The first kappa shape index (κ1) is 15.1. The molecule has 2 rings (SSSR count). The molecule has 0 amide bonds. The average molecular weight is 284 g/mol. The molecule has 110 valence electrons. The minimum absolute atomic E-state index is 0.0000188. The highest BCUT2D eigenvalue weighted by Gasteiger charge is 2.24. The lowest BCUT2D eigenvalue weighted by atomic mass is 9.98. The zero-order valence-electron chi connectivity index (χ0n) is 12.8. The van der Waals surface area contributed by atoms with Gasteiger partial charge in [0.25, 0.3) is 0 Å². The summed E-state index contributed by atoms with van der Waals surface area (Å²) in [6, 6.07) is 15.2. The summed E-state index contributed by atoms with van der Waals surface area (Å²) in [6.45, 7) is 5.51. The van der Waals surface area contributed by atoms with Crippen molar-refractivity contribution < 1.29 is 14.3 Å². The molecule has 0 aromatic heterocycles. The van der Waals surface area contributed by atoms with Gasteiger partial charge in [-0.05, 0) is 44.5 Å². The number of rotatable bonds is 5. The Labute approximate surface area is 125 Å². The fourth-order valence-electron chi connectivity index (χ4n) is 2.15.